The molecule has 3 aromatic rings. The Morgan fingerprint density at radius 2 is 1.86 bits per heavy atom. The number of aromatic nitrogens is 4. The van der Waals surface area contributed by atoms with E-state index in [1.54, 1.807) is 12.4 Å². The van der Waals surface area contributed by atoms with E-state index < -0.39 is 0 Å². The van der Waals surface area contributed by atoms with E-state index in [4.69, 9.17) is 15.2 Å². The van der Waals surface area contributed by atoms with Crippen molar-refractivity contribution in [1.29, 1.82) is 0 Å². The molecule has 3 N–H and O–H groups in total. The van der Waals surface area contributed by atoms with Crippen molar-refractivity contribution in [2.45, 2.75) is 43.6 Å². The molecule has 2 aliphatic rings. The number of hydrogen-bond acceptors (Lipinski definition) is 8. The number of aliphatic hydroxyl groups is 1. The monoisotopic (exact) mass is 392 g/mol. The number of nitrogen functional groups attached to an aromatic ring is 1. The van der Waals surface area contributed by atoms with Crippen molar-refractivity contribution in [3.63, 3.8) is 0 Å². The van der Waals surface area contributed by atoms with Crippen LogP contribution in [0, 0.1) is 0 Å². The van der Waals surface area contributed by atoms with Crippen LogP contribution in [0.1, 0.15) is 43.5 Å². The number of aliphatic hydroxyl groups excluding tert-OH is 1. The molecule has 2 fully saturated rings. The molecule has 150 valence electrons. The second kappa shape index (κ2) is 7.11. The summed E-state index contributed by atoms with van der Waals surface area (Å²) in [5, 5.41) is 13.9. The van der Waals surface area contributed by atoms with Crippen molar-refractivity contribution in [1.82, 2.24) is 20.1 Å². The van der Waals surface area contributed by atoms with Crippen molar-refractivity contribution in [3.05, 3.63) is 48.0 Å². The van der Waals surface area contributed by atoms with Gasteiger partial charge in [-0.05, 0) is 36.8 Å². The van der Waals surface area contributed by atoms with Gasteiger partial charge in [0.05, 0.1) is 18.1 Å². The lowest BCUT2D eigenvalue weighted by atomic mass is 9.64. The van der Waals surface area contributed by atoms with Gasteiger partial charge in [0.2, 0.25) is 5.95 Å². The van der Waals surface area contributed by atoms with Crippen LogP contribution in [0.3, 0.4) is 0 Å². The van der Waals surface area contributed by atoms with Crippen LogP contribution < -0.4 is 10.6 Å². The molecule has 0 spiro atoms. The highest BCUT2D eigenvalue weighted by Crippen LogP contribution is 2.48. The van der Waals surface area contributed by atoms with Gasteiger partial charge in [0.1, 0.15) is 0 Å². The summed E-state index contributed by atoms with van der Waals surface area (Å²) in [6.07, 6.45) is 8.59. The Hall–Kier alpha value is -3.00. The lowest BCUT2D eigenvalue weighted by molar-refractivity contribution is 0.259. The molecule has 8 nitrogen and oxygen atoms in total. The van der Waals surface area contributed by atoms with E-state index in [0.717, 1.165) is 55.6 Å². The van der Waals surface area contributed by atoms with Crippen molar-refractivity contribution >= 4 is 12.0 Å². The van der Waals surface area contributed by atoms with Crippen molar-refractivity contribution in [2.24, 2.45) is 0 Å². The zero-order valence-corrected chi connectivity index (χ0v) is 16.2. The van der Waals surface area contributed by atoms with Gasteiger partial charge in [-0.15, -0.1) is 0 Å². The van der Waals surface area contributed by atoms with Gasteiger partial charge in [-0.3, -0.25) is 0 Å². The first-order valence-electron chi connectivity index (χ1n) is 10.1. The van der Waals surface area contributed by atoms with Gasteiger partial charge in [-0.1, -0.05) is 35.8 Å². The molecule has 1 saturated heterocycles. The minimum atomic E-state index is -0.202. The second-order valence-corrected chi connectivity index (χ2v) is 7.92. The van der Waals surface area contributed by atoms with E-state index in [-0.39, 0.29) is 24.0 Å². The third kappa shape index (κ3) is 3.04. The van der Waals surface area contributed by atoms with Crippen molar-refractivity contribution < 1.29 is 9.63 Å². The quantitative estimate of drug-likeness (QED) is 0.681. The van der Waals surface area contributed by atoms with Crippen LogP contribution in [0.4, 0.5) is 12.0 Å². The minimum Gasteiger partial charge on any atom is -0.394 e. The van der Waals surface area contributed by atoms with E-state index in [9.17, 15) is 5.11 Å². The predicted molar refractivity (Wildman–Crippen MR) is 108 cm³/mol. The molecule has 5 rings (SSSR count). The maximum absolute atomic E-state index is 9.59. The van der Waals surface area contributed by atoms with E-state index in [1.807, 2.05) is 4.90 Å². The smallest absolute Gasteiger partial charge is 0.324 e. The summed E-state index contributed by atoms with van der Waals surface area (Å²) in [6, 6.07) is 9.02. The molecule has 3 heterocycles. The topological polar surface area (TPSA) is 114 Å². The molecule has 29 heavy (non-hydrogen) atoms. The average Bonchev–Trinajstić information content (AvgIpc) is 3.38. The maximum Gasteiger partial charge on any atom is 0.324 e. The largest absolute Gasteiger partial charge is 0.394 e. The first kappa shape index (κ1) is 18.1. The fourth-order valence-corrected chi connectivity index (χ4v) is 4.44. The molecule has 0 unspecified atom stereocenters. The van der Waals surface area contributed by atoms with Crippen LogP contribution in [0.2, 0.25) is 0 Å². The summed E-state index contributed by atoms with van der Waals surface area (Å²) in [5.41, 5.74) is 8.54. The van der Waals surface area contributed by atoms with Crippen LogP contribution in [0.5, 0.6) is 0 Å². The van der Waals surface area contributed by atoms with E-state index in [0.29, 0.717) is 6.01 Å². The molecule has 1 aliphatic heterocycles. The molecule has 0 bridgehead atoms. The normalized spacial score (nSPS) is 20.6. The van der Waals surface area contributed by atoms with Gasteiger partial charge in [0.15, 0.2) is 5.82 Å². The van der Waals surface area contributed by atoms with E-state index in [1.165, 1.54) is 5.56 Å². The molecule has 2 aromatic heterocycles. The molecule has 1 aliphatic carbocycles. The standard InChI is InChI=1S/C21H24N6O2/c22-19-23-11-15(12-24-19)14-4-6-16(7-5-14)21(8-2-9-21)18-25-20(29-26-18)27-10-1-3-17(27)13-28/h4-7,11-12,17,28H,1-3,8-10,13H2,(H2,22,23,24)/t17-/m0/s1. The van der Waals surface area contributed by atoms with Crippen LogP contribution in [-0.2, 0) is 5.41 Å². The first-order chi connectivity index (χ1) is 14.2. The summed E-state index contributed by atoms with van der Waals surface area (Å²) in [5.74, 6) is 1.01. The zero-order chi connectivity index (χ0) is 19.8. The van der Waals surface area contributed by atoms with Crippen molar-refractivity contribution in [2.75, 3.05) is 23.8 Å². The first-order valence-corrected chi connectivity index (χ1v) is 10.1. The number of nitrogens with two attached hydrogens (primary N) is 1. The molecule has 0 amide bonds. The fraction of sp³-hybridized carbons (Fsp3) is 0.429. The van der Waals surface area contributed by atoms with E-state index >= 15 is 0 Å². The SMILES string of the molecule is Nc1ncc(-c2ccc(C3(c4noc(N5CCC[C@H]5CO)n4)CCC3)cc2)cn1. The molecule has 1 aromatic carbocycles. The lowest BCUT2D eigenvalue weighted by Crippen LogP contribution is -2.37. The predicted octanol–water partition coefficient (Wildman–Crippen LogP) is 2.54. The number of rotatable bonds is 5. The van der Waals surface area contributed by atoms with Crippen LogP contribution in [0.15, 0.2) is 41.2 Å². The van der Waals surface area contributed by atoms with Crippen LogP contribution in [0.25, 0.3) is 11.1 Å². The van der Waals surface area contributed by atoms with Gasteiger partial charge in [0.25, 0.3) is 0 Å². The molecule has 1 atom stereocenters. The summed E-state index contributed by atoms with van der Waals surface area (Å²) < 4.78 is 5.61. The number of hydrogen-bond donors (Lipinski definition) is 2. The molecule has 1 saturated carbocycles. The maximum atomic E-state index is 9.59. The Balaban J connectivity index is 1.43. The average molecular weight is 392 g/mol. The number of nitrogens with zero attached hydrogens (tertiary/aromatic N) is 5. The van der Waals surface area contributed by atoms with Gasteiger partial charge < -0.3 is 20.3 Å². The van der Waals surface area contributed by atoms with Gasteiger partial charge in [-0.2, -0.15) is 4.98 Å². The number of anilines is 2. The fourth-order valence-electron chi connectivity index (χ4n) is 4.44. The highest BCUT2D eigenvalue weighted by atomic mass is 16.5. The third-order valence-corrected chi connectivity index (χ3v) is 6.33. The van der Waals surface area contributed by atoms with Gasteiger partial charge in [0, 0.05) is 24.5 Å². The van der Waals surface area contributed by atoms with Crippen LogP contribution >= 0.6 is 0 Å². The Morgan fingerprint density at radius 1 is 1.10 bits per heavy atom. The van der Waals surface area contributed by atoms with E-state index in [2.05, 4.69) is 39.4 Å². The van der Waals surface area contributed by atoms with Crippen LogP contribution in [-0.4, -0.2) is 44.4 Å². The zero-order valence-electron chi connectivity index (χ0n) is 16.2. The Morgan fingerprint density at radius 3 is 2.52 bits per heavy atom. The highest BCUT2D eigenvalue weighted by Gasteiger charge is 2.45. The Labute approximate surface area is 168 Å². The summed E-state index contributed by atoms with van der Waals surface area (Å²) in [6.45, 7) is 0.956. The molecular formula is C21H24N6O2. The summed E-state index contributed by atoms with van der Waals surface area (Å²) in [7, 11) is 0. The number of benzene rings is 1. The summed E-state index contributed by atoms with van der Waals surface area (Å²) >= 11 is 0. The highest BCUT2D eigenvalue weighted by molar-refractivity contribution is 5.62. The van der Waals surface area contributed by atoms with Crippen molar-refractivity contribution in [3.8, 4) is 11.1 Å². The van der Waals surface area contributed by atoms with Gasteiger partial charge in [-0.25, -0.2) is 9.97 Å². The molecule has 8 heteroatoms. The van der Waals surface area contributed by atoms with Gasteiger partial charge >= 0.3 is 6.01 Å². The molecular weight excluding hydrogens is 368 g/mol. The lowest BCUT2D eigenvalue weighted by Gasteiger charge is -2.39. The minimum absolute atomic E-state index is 0.0713. The summed E-state index contributed by atoms with van der Waals surface area (Å²) in [4.78, 5) is 14.9. The molecule has 0 radical (unpaired) electrons. The second-order valence-electron chi connectivity index (χ2n) is 7.92. The third-order valence-electron chi connectivity index (χ3n) is 6.33. The Kier molecular flexibility index (Phi) is 4.43. The Bertz CT molecular complexity index is 981.